The van der Waals surface area contributed by atoms with Crippen LogP contribution in [0, 0.1) is 82.9 Å². The molecule has 0 saturated heterocycles. The van der Waals surface area contributed by atoms with Crippen LogP contribution < -0.4 is 22.8 Å². The molecular weight excluding hydrogens is 935 g/mol. The highest BCUT2D eigenvalue weighted by Crippen LogP contribution is 2.26. The lowest BCUT2D eigenvalue weighted by Crippen LogP contribution is -2.34. The molecule has 5 nitrogen and oxygen atoms in total. The fourth-order valence-corrected chi connectivity index (χ4v) is 9.62. The summed E-state index contributed by atoms with van der Waals surface area (Å²) in [6.07, 6.45) is 7.61. The Balaban J connectivity index is 0.000000167. The van der Waals surface area contributed by atoms with Gasteiger partial charge in [0.2, 0.25) is 28.5 Å². The van der Waals surface area contributed by atoms with E-state index < -0.39 is 13.7 Å². The van der Waals surface area contributed by atoms with Crippen LogP contribution in [-0.4, -0.2) is 0 Å². The third kappa shape index (κ3) is 15.0. The van der Waals surface area contributed by atoms with E-state index >= 15 is 0 Å². The van der Waals surface area contributed by atoms with Crippen molar-refractivity contribution in [3.8, 4) is 56.3 Å². The van der Waals surface area contributed by atoms with Gasteiger partial charge in [0.25, 0.3) is 0 Å². The lowest BCUT2D eigenvalue weighted by Gasteiger charge is -2.07. The summed E-state index contributed by atoms with van der Waals surface area (Å²) >= 11 is 0. The molecule has 5 heteroatoms. The smallest absolute Gasteiger partial charge is 0.201 e. The molecular formula is C72H84N5+5. The van der Waals surface area contributed by atoms with Crippen LogP contribution >= 0.6 is 0 Å². The van der Waals surface area contributed by atoms with Gasteiger partial charge in [-0.25, -0.2) is 18.3 Å². The Morgan fingerprint density at radius 2 is 0.740 bits per heavy atom. The number of hydrogen-bond acceptors (Lipinski definition) is 0. The third-order valence-electron chi connectivity index (χ3n) is 14.1. The van der Waals surface area contributed by atoms with E-state index in [9.17, 15) is 0 Å². The summed E-state index contributed by atoms with van der Waals surface area (Å²) in [5.74, 6) is 0. The second-order valence-corrected chi connectivity index (χ2v) is 20.3. The number of pyridine rings is 5. The minimum absolute atomic E-state index is 0.379. The number of hydrogen-bond donors (Lipinski definition) is 0. The molecule has 0 saturated carbocycles. The van der Waals surface area contributed by atoms with Gasteiger partial charge >= 0.3 is 0 Å². The molecule has 0 N–H and O–H groups in total. The van der Waals surface area contributed by atoms with E-state index in [0.29, 0.717) is 11.1 Å². The first-order valence-electron chi connectivity index (χ1n) is 29.4. The quantitative estimate of drug-likeness (QED) is 0.153. The van der Waals surface area contributed by atoms with Gasteiger partial charge in [-0.2, -0.15) is 4.57 Å². The van der Waals surface area contributed by atoms with Crippen LogP contribution in [0.25, 0.3) is 56.3 Å². The van der Waals surface area contributed by atoms with Gasteiger partial charge in [0.05, 0.1) is 0 Å². The molecule has 5 aromatic heterocycles. The largest absolute Gasteiger partial charge is 0.215 e. The normalized spacial score (nSPS) is 11.9. The average Bonchev–Trinajstić information content (AvgIpc) is 3.47. The molecule has 10 aromatic rings. The van der Waals surface area contributed by atoms with Crippen molar-refractivity contribution in [3.63, 3.8) is 0 Å². The SMILES string of the molecule is Cc1cc[n+](C)c(-c2ccccc2C)c1.Cc1ccccc1-c1c(C)ccc[n+]1C.Cc1ccccc1-c1cccc(C)[n+]1C.[2H]C([2H])([2H])c1c[n+](C)c(-c2ccccc2C)cc1C.[2H]C([2H])([2H])c1cc(C)c(-c2ccccc2C)[n+](C)c1. The Hall–Kier alpha value is -8.15. The zero-order valence-electron chi connectivity index (χ0n) is 54.3. The first kappa shape index (κ1) is 49.7. The summed E-state index contributed by atoms with van der Waals surface area (Å²) in [4.78, 5) is 0. The number of aromatic nitrogens is 5. The second-order valence-electron chi connectivity index (χ2n) is 20.3. The summed E-state index contributed by atoms with van der Waals surface area (Å²) in [5, 5.41) is 0. The molecule has 0 aliphatic heterocycles. The van der Waals surface area contributed by atoms with Crippen LogP contribution in [0.5, 0.6) is 0 Å². The first-order valence-corrected chi connectivity index (χ1v) is 26.4. The number of rotatable bonds is 5. The summed E-state index contributed by atoms with van der Waals surface area (Å²) in [6.45, 7) is 16.7. The summed E-state index contributed by atoms with van der Waals surface area (Å²) in [5.41, 5.74) is 24.9. The molecule has 5 heterocycles. The van der Waals surface area contributed by atoms with E-state index in [2.05, 4.69) is 242 Å². The fraction of sp³-hybridized carbons (Fsp3) is 0.236. The molecule has 0 amide bonds. The van der Waals surface area contributed by atoms with Crippen molar-refractivity contribution in [2.24, 2.45) is 35.2 Å². The van der Waals surface area contributed by atoms with Crippen LogP contribution in [-0.2, 0) is 35.2 Å². The molecule has 77 heavy (non-hydrogen) atoms. The maximum atomic E-state index is 7.55. The first-order chi connectivity index (χ1) is 39.2. The van der Waals surface area contributed by atoms with E-state index in [0.717, 1.165) is 33.6 Å². The maximum absolute atomic E-state index is 7.55. The average molecular weight is 1030 g/mol. The molecule has 5 aromatic carbocycles. The van der Waals surface area contributed by atoms with Crippen LogP contribution in [0.2, 0.25) is 0 Å². The zero-order valence-corrected chi connectivity index (χ0v) is 48.3. The van der Waals surface area contributed by atoms with Crippen molar-refractivity contribution in [1.29, 1.82) is 0 Å². The predicted molar refractivity (Wildman–Crippen MR) is 322 cm³/mol. The van der Waals surface area contributed by atoms with Crippen molar-refractivity contribution in [3.05, 3.63) is 268 Å². The van der Waals surface area contributed by atoms with Gasteiger partial charge in [0, 0.05) is 102 Å². The fourth-order valence-electron chi connectivity index (χ4n) is 9.62. The predicted octanol–water partition coefficient (Wildman–Crippen LogP) is 14.6. The Bertz CT molecular complexity index is 3770. The third-order valence-corrected chi connectivity index (χ3v) is 14.1. The minimum atomic E-state index is -2.06. The molecule has 10 rings (SSSR count). The second kappa shape index (κ2) is 27.1. The zero-order chi connectivity index (χ0) is 60.9. The Kier molecular flexibility index (Phi) is 17.5. The lowest BCUT2D eigenvalue weighted by molar-refractivity contribution is -0.666. The monoisotopic (exact) mass is 1020 g/mol. The minimum Gasteiger partial charge on any atom is -0.201 e. The van der Waals surface area contributed by atoms with E-state index in [-0.39, 0.29) is 0 Å². The highest BCUT2D eigenvalue weighted by Gasteiger charge is 2.18. The van der Waals surface area contributed by atoms with Crippen molar-refractivity contribution in [2.75, 3.05) is 0 Å². The molecule has 0 bridgehead atoms. The van der Waals surface area contributed by atoms with Crippen molar-refractivity contribution < 1.29 is 31.1 Å². The molecule has 0 spiro atoms. The van der Waals surface area contributed by atoms with E-state index in [1.54, 1.807) is 18.5 Å². The molecule has 0 fully saturated rings. The van der Waals surface area contributed by atoms with Crippen LogP contribution in [0.15, 0.2) is 201 Å². The van der Waals surface area contributed by atoms with Gasteiger partial charge in [-0.15, -0.1) is 0 Å². The van der Waals surface area contributed by atoms with Gasteiger partial charge in [-0.1, -0.05) is 91.0 Å². The van der Waals surface area contributed by atoms with Crippen LogP contribution in [0.1, 0.15) is 75.1 Å². The number of nitrogens with zero attached hydrogens (tertiary/aromatic N) is 5. The summed E-state index contributed by atoms with van der Waals surface area (Å²) in [6, 6.07) is 60.4. The highest BCUT2D eigenvalue weighted by molar-refractivity contribution is 5.66. The Labute approximate surface area is 471 Å². The number of benzene rings is 5. The number of aryl methyl sites for hydroxylation is 16. The molecule has 0 unspecified atom stereocenters. The summed E-state index contributed by atoms with van der Waals surface area (Å²) in [7, 11) is 10.1. The van der Waals surface area contributed by atoms with E-state index in [1.807, 2.05) is 67.4 Å². The molecule has 0 radical (unpaired) electrons. The van der Waals surface area contributed by atoms with Crippen molar-refractivity contribution in [1.82, 2.24) is 0 Å². The highest BCUT2D eigenvalue weighted by atomic mass is 14.9. The van der Waals surface area contributed by atoms with Gasteiger partial charge < -0.3 is 0 Å². The molecule has 0 aliphatic carbocycles. The topological polar surface area (TPSA) is 19.4 Å². The molecule has 0 atom stereocenters. The van der Waals surface area contributed by atoms with Crippen LogP contribution in [0.3, 0.4) is 0 Å². The van der Waals surface area contributed by atoms with Gasteiger partial charge in [0.1, 0.15) is 35.2 Å². The van der Waals surface area contributed by atoms with Crippen LogP contribution in [0.4, 0.5) is 0 Å². The summed E-state index contributed by atoms with van der Waals surface area (Å²) < 4.78 is 55.5. The maximum Gasteiger partial charge on any atom is 0.215 e. The van der Waals surface area contributed by atoms with Crippen molar-refractivity contribution >= 4 is 0 Å². The van der Waals surface area contributed by atoms with E-state index in [4.69, 9.17) is 8.22 Å². The standard InChI is InChI=1S/2C15H18N.3C14H16N/c1-11-9-13(3)15(16(4)10-11)14-8-6-5-7-12(14)2;1-11-7-5-6-8-14(11)15-9-12(2)13(3)10-16(15)4;1-11-7-4-5-9-13(11)14-12(2)8-6-10-15(14)3;1-11-7-4-5-9-13(11)14-10-6-8-12(2)15(14)3;1-11-8-9-15(3)14(10-11)13-7-5-4-6-12(13)2/h2*5-10H,1-4H3;3*4-10H,1-3H3/q5*+1/i1D3;3D3;;;. The van der Waals surface area contributed by atoms with Gasteiger partial charge in [-0.05, 0) is 163 Å². The van der Waals surface area contributed by atoms with Crippen molar-refractivity contribution in [2.45, 2.75) is 82.9 Å². The lowest BCUT2D eigenvalue weighted by atomic mass is 10.0. The van der Waals surface area contributed by atoms with Gasteiger partial charge in [-0.3, -0.25) is 0 Å². The Morgan fingerprint density at radius 1 is 0.286 bits per heavy atom. The molecule has 0 aliphatic rings. The Morgan fingerprint density at radius 3 is 1.21 bits per heavy atom. The molecule has 392 valence electrons. The van der Waals surface area contributed by atoms with Gasteiger partial charge in [0.15, 0.2) is 30.5 Å². The van der Waals surface area contributed by atoms with E-state index in [1.165, 1.54) is 78.4 Å².